The van der Waals surface area contributed by atoms with E-state index in [-0.39, 0.29) is 18.0 Å². The van der Waals surface area contributed by atoms with Crippen LogP contribution < -0.4 is 10.5 Å². The Morgan fingerprint density at radius 2 is 2.31 bits per heavy atom. The number of aromatic hydroxyl groups is 1. The largest absolute Gasteiger partial charge is 0.503 e. The quantitative estimate of drug-likeness (QED) is 0.585. The first-order valence-corrected chi connectivity index (χ1v) is 4.86. The minimum absolute atomic E-state index is 0.0617. The molecule has 4 nitrogen and oxygen atoms in total. The summed E-state index contributed by atoms with van der Waals surface area (Å²) < 4.78 is 5.19. The van der Waals surface area contributed by atoms with E-state index in [1.54, 1.807) is 6.92 Å². The van der Waals surface area contributed by atoms with Crippen LogP contribution in [-0.2, 0) is 0 Å². The molecule has 0 aromatic heterocycles. The molecule has 0 amide bonds. The van der Waals surface area contributed by atoms with Crippen molar-refractivity contribution in [1.29, 1.82) is 0 Å². The number of aldehydes is 1. The van der Waals surface area contributed by atoms with Gasteiger partial charge in [0.2, 0.25) is 0 Å². The molecule has 0 aliphatic rings. The highest BCUT2D eigenvalue weighted by molar-refractivity contribution is 5.78. The van der Waals surface area contributed by atoms with Crippen LogP contribution in [0.25, 0.3) is 0 Å². The predicted octanol–water partition coefficient (Wildman–Crippen LogP) is 0.914. The van der Waals surface area contributed by atoms with Crippen molar-refractivity contribution in [2.75, 3.05) is 13.2 Å². The highest BCUT2D eigenvalue weighted by Gasteiger charge is 2.09. The van der Waals surface area contributed by atoms with E-state index < -0.39 is 0 Å². The molecule has 0 saturated carbocycles. The summed E-state index contributed by atoms with van der Waals surface area (Å²) in [6, 6.07) is 2.97. The summed E-state index contributed by atoms with van der Waals surface area (Å²) in [4.78, 5) is 10.7. The van der Waals surface area contributed by atoms with Crippen LogP contribution in [0.2, 0.25) is 0 Å². The Morgan fingerprint density at radius 3 is 2.88 bits per heavy atom. The van der Waals surface area contributed by atoms with Crippen molar-refractivity contribution < 1.29 is 14.6 Å². The zero-order valence-corrected chi connectivity index (χ0v) is 8.99. The Kier molecular flexibility index (Phi) is 4.37. The lowest BCUT2D eigenvalue weighted by molar-refractivity contribution is 0.112. The van der Waals surface area contributed by atoms with E-state index in [9.17, 15) is 9.90 Å². The predicted molar refractivity (Wildman–Crippen MR) is 60.6 cm³/mol. The molecule has 1 aromatic carbocycles. The number of carbonyl (C=O) groups is 1. The van der Waals surface area contributed by atoms with Gasteiger partial charge in [-0.2, -0.15) is 0 Å². The second-order valence-electron chi connectivity index (χ2n) is 2.97. The molecule has 84 valence electrons. The van der Waals surface area contributed by atoms with Gasteiger partial charge in [-0.1, -0.05) is 11.8 Å². The number of carbonyl (C=O) groups excluding carboxylic acids is 1. The van der Waals surface area contributed by atoms with Gasteiger partial charge in [-0.05, 0) is 19.1 Å². The molecule has 4 heteroatoms. The third-order valence-corrected chi connectivity index (χ3v) is 1.86. The lowest BCUT2D eigenvalue weighted by Crippen LogP contribution is -1.96. The molecular formula is C12H13NO3. The second kappa shape index (κ2) is 5.79. The lowest BCUT2D eigenvalue weighted by Gasteiger charge is -2.07. The topological polar surface area (TPSA) is 72.5 Å². The first kappa shape index (κ1) is 12.1. The highest BCUT2D eigenvalue weighted by atomic mass is 16.5. The SMILES string of the molecule is CCOc1cc(C=O)cc(C#CCN)c1O. The monoisotopic (exact) mass is 219 g/mol. The zero-order chi connectivity index (χ0) is 12.0. The van der Waals surface area contributed by atoms with Gasteiger partial charge >= 0.3 is 0 Å². The van der Waals surface area contributed by atoms with Crippen LogP contribution >= 0.6 is 0 Å². The molecule has 0 unspecified atom stereocenters. The minimum Gasteiger partial charge on any atom is -0.503 e. The van der Waals surface area contributed by atoms with E-state index in [4.69, 9.17) is 10.5 Å². The van der Waals surface area contributed by atoms with Crippen LogP contribution in [0.3, 0.4) is 0 Å². The first-order valence-electron chi connectivity index (χ1n) is 4.86. The first-order chi connectivity index (χ1) is 7.72. The van der Waals surface area contributed by atoms with Crippen LogP contribution in [0, 0.1) is 11.8 Å². The number of ether oxygens (including phenoxy) is 1. The lowest BCUT2D eigenvalue weighted by atomic mass is 10.1. The molecule has 1 aromatic rings. The maximum atomic E-state index is 10.7. The van der Waals surface area contributed by atoms with Gasteiger partial charge in [0, 0.05) is 5.56 Å². The van der Waals surface area contributed by atoms with Gasteiger partial charge in [-0.3, -0.25) is 4.79 Å². The smallest absolute Gasteiger partial charge is 0.173 e. The Hall–Kier alpha value is -1.99. The van der Waals surface area contributed by atoms with Crippen molar-refractivity contribution in [3.05, 3.63) is 23.3 Å². The molecule has 0 aliphatic carbocycles. The van der Waals surface area contributed by atoms with Gasteiger partial charge in [0.25, 0.3) is 0 Å². The number of hydrogen-bond acceptors (Lipinski definition) is 4. The van der Waals surface area contributed by atoms with Crippen LogP contribution in [0.5, 0.6) is 11.5 Å². The van der Waals surface area contributed by atoms with Gasteiger partial charge < -0.3 is 15.6 Å². The van der Waals surface area contributed by atoms with Gasteiger partial charge in [0.15, 0.2) is 11.5 Å². The van der Waals surface area contributed by atoms with Crippen LogP contribution in [0.4, 0.5) is 0 Å². The molecule has 0 spiro atoms. The van der Waals surface area contributed by atoms with E-state index >= 15 is 0 Å². The number of phenolic OH excluding ortho intramolecular Hbond substituents is 1. The summed E-state index contributed by atoms with van der Waals surface area (Å²) in [5.74, 6) is 5.49. The van der Waals surface area contributed by atoms with Crippen LogP contribution in [-0.4, -0.2) is 24.5 Å². The van der Waals surface area contributed by atoms with Crippen molar-refractivity contribution >= 4 is 6.29 Å². The van der Waals surface area contributed by atoms with Crippen molar-refractivity contribution in [3.8, 4) is 23.3 Å². The molecular weight excluding hydrogens is 206 g/mol. The van der Waals surface area contributed by atoms with Crippen LogP contribution in [0.15, 0.2) is 12.1 Å². The number of phenols is 1. The standard InChI is InChI=1S/C12H13NO3/c1-2-16-11-7-9(8-14)6-10(12(11)15)4-3-5-13/h6-8,15H,2,5,13H2,1H3. The van der Waals surface area contributed by atoms with Crippen molar-refractivity contribution in [2.24, 2.45) is 5.73 Å². The van der Waals surface area contributed by atoms with E-state index in [2.05, 4.69) is 11.8 Å². The third-order valence-electron chi connectivity index (χ3n) is 1.86. The fourth-order valence-corrected chi connectivity index (χ4v) is 1.20. The second-order valence-corrected chi connectivity index (χ2v) is 2.97. The average Bonchev–Trinajstić information content (AvgIpc) is 2.30. The van der Waals surface area contributed by atoms with Crippen molar-refractivity contribution in [2.45, 2.75) is 6.92 Å². The molecule has 0 atom stereocenters. The summed E-state index contributed by atoms with van der Waals surface area (Å²) in [5.41, 5.74) is 5.99. The molecule has 0 aliphatic heterocycles. The molecule has 3 N–H and O–H groups in total. The number of nitrogens with two attached hydrogens (primary N) is 1. The fourth-order valence-electron chi connectivity index (χ4n) is 1.20. The molecule has 16 heavy (non-hydrogen) atoms. The third kappa shape index (κ3) is 2.75. The molecule has 0 saturated heterocycles. The van der Waals surface area contributed by atoms with Crippen molar-refractivity contribution in [3.63, 3.8) is 0 Å². The Balaban J connectivity index is 3.25. The van der Waals surface area contributed by atoms with Gasteiger partial charge in [-0.25, -0.2) is 0 Å². The minimum atomic E-state index is -0.0617. The number of benzene rings is 1. The number of hydrogen-bond donors (Lipinski definition) is 2. The molecule has 0 bridgehead atoms. The van der Waals surface area contributed by atoms with Crippen LogP contribution in [0.1, 0.15) is 22.8 Å². The molecule has 0 radical (unpaired) electrons. The van der Waals surface area contributed by atoms with E-state index in [1.165, 1.54) is 12.1 Å². The van der Waals surface area contributed by atoms with E-state index in [0.717, 1.165) is 0 Å². The Labute approximate surface area is 94.0 Å². The zero-order valence-electron chi connectivity index (χ0n) is 8.99. The normalized spacial score (nSPS) is 9.12. The van der Waals surface area contributed by atoms with Gasteiger partial charge in [-0.15, -0.1) is 0 Å². The summed E-state index contributed by atoms with van der Waals surface area (Å²) >= 11 is 0. The Bertz CT molecular complexity index is 444. The summed E-state index contributed by atoms with van der Waals surface area (Å²) in [5, 5.41) is 9.78. The fraction of sp³-hybridized carbons (Fsp3) is 0.250. The van der Waals surface area contributed by atoms with Gasteiger partial charge in [0.05, 0.1) is 18.7 Å². The summed E-state index contributed by atoms with van der Waals surface area (Å²) in [6.45, 7) is 2.38. The maximum absolute atomic E-state index is 10.7. The summed E-state index contributed by atoms with van der Waals surface area (Å²) in [6.07, 6.45) is 0.676. The maximum Gasteiger partial charge on any atom is 0.173 e. The van der Waals surface area contributed by atoms with Crippen molar-refractivity contribution in [1.82, 2.24) is 0 Å². The van der Waals surface area contributed by atoms with E-state index in [0.29, 0.717) is 24.0 Å². The highest BCUT2D eigenvalue weighted by Crippen LogP contribution is 2.30. The Morgan fingerprint density at radius 1 is 1.56 bits per heavy atom. The average molecular weight is 219 g/mol. The number of rotatable bonds is 3. The van der Waals surface area contributed by atoms with Gasteiger partial charge in [0.1, 0.15) is 6.29 Å². The summed E-state index contributed by atoms with van der Waals surface area (Å²) in [7, 11) is 0. The molecule has 0 fully saturated rings. The molecule has 0 heterocycles. The molecule has 1 rings (SSSR count). The van der Waals surface area contributed by atoms with E-state index in [1.807, 2.05) is 0 Å².